The van der Waals surface area contributed by atoms with Crippen molar-refractivity contribution in [3.63, 3.8) is 0 Å². The van der Waals surface area contributed by atoms with E-state index in [4.69, 9.17) is 0 Å². The lowest BCUT2D eigenvalue weighted by Crippen LogP contribution is -2.08. The van der Waals surface area contributed by atoms with Crippen LogP contribution in [0.5, 0.6) is 5.75 Å². The van der Waals surface area contributed by atoms with Crippen LogP contribution in [0.1, 0.15) is 6.92 Å². The first-order chi connectivity index (χ1) is 13.5. The molecule has 0 aliphatic carbocycles. The van der Waals surface area contributed by atoms with Gasteiger partial charge in [-0.1, -0.05) is 18.7 Å². The van der Waals surface area contributed by atoms with E-state index in [0.717, 1.165) is 17.3 Å². The van der Waals surface area contributed by atoms with Gasteiger partial charge in [-0.25, -0.2) is 4.68 Å². The Labute approximate surface area is 170 Å². The van der Waals surface area contributed by atoms with Crippen molar-refractivity contribution in [1.29, 1.82) is 0 Å². The van der Waals surface area contributed by atoms with Crippen LogP contribution in [0.25, 0.3) is 0 Å². The number of aromatic hydroxyl groups is 1. The Morgan fingerprint density at radius 3 is 2.64 bits per heavy atom. The Balaban J connectivity index is 1.92. The Hall–Kier alpha value is -2.86. The minimum Gasteiger partial charge on any atom is -0.506 e. The number of nitrogens with zero attached hydrogens (tertiary/aromatic N) is 9. The van der Waals surface area contributed by atoms with Crippen molar-refractivity contribution in [2.45, 2.75) is 12.1 Å². The zero-order valence-corrected chi connectivity index (χ0v) is 17.4. The van der Waals surface area contributed by atoms with Gasteiger partial charge in [0.05, 0.1) is 11.9 Å². The fraction of sp³-hybridized carbons (Fsp3) is 0.312. The van der Waals surface area contributed by atoms with Gasteiger partial charge in [0, 0.05) is 44.8 Å². The van der Waals surface area contributed by atoms with Crippen molar-refractivity contribution in [3.8, 4) is 5.75 Å². The van der Waals surface area contributed by atoms with Gasteiger partial charge in [0.1, 0.15) is 17.1 Å². The van der Waals surface area contributed by atoms with E-state index in [9.17, 15) is 5.11 Å². The number of rotatable bonds is 7. The topological polar surface area (TPSA) is 117 Å². The SMILES string of the molecule is CCSc1nsc(N=Nc2cc(N=Nc3ccnn3C)c(N(C)C)cc2O)n1. The number of benzene rings is 1. The fourth-order valence-corrected chi connectivity index (χ4v) is 3.37. The molecule has 10 nitrogen and oxygen atoms in total. The number of thioether (sulfide) groups is 1. The summed E-state index contributed by atoms with van der Waals surface area (Å²) in [6.45, 7) is 2.03. The quantitative estimate of drug-likeness (QED) is 0.428. The number of phenols is 1. The van der Waals surface area contributed by atoms with Crippen LogP contribution < -0.4 is 4.90 Å². The Morgan fingerprint density at radius 1 is 1.18 bits per heavy atom. The zero-order valence-electron chi connectivity index (χ0n) is 15.8. The number of azo groups is 2. The van der Waals surface area contributed by atoms with Crippen molar-refractivity contribution in [2.24, 2.45) is 27.5 Å². The second-order valence-corrected chi connectivity index (χ2v) is 7.69. The van der Waals surface area contributed by atoms with E-state index in [-0.39, 0.29) is 11.4 Å². The average molecular weight is 418 g/mol. The summed E-state index contributed by atoms with van der Waals surface area (Å²) in [5.41, 5.74) is 1.50. The third-order valence-corrected chi connectivity index (χ3v) is 4.97. The Bertz CT molecular complexity index is 1010. The summed E-state index contributed by atoms with van der Waals surface area (Å²) in [6, 6.07) is 4.95. The molecule has 0 fully saturated rings. The average Bonchev–Trinajstić information content (AvgIpc) is 3.28. The monoisotopic (exact) mass is 417 g/mol. The minimum atomic E-state index is -0.0143. The van der Waals surface area contributed by atoms with Crippen LogP contribution in [0.4, 0.5) is 28.0 Å². The summed E-state index contributed by atoms with van der Waals surface area (Å²) in [4.78, 5) is 6.09. The van der Waals surface area contributed by atoms with Gasteiger partial charge in [0.2, 0.25) is 10.3 Å². The maximum Gasteiger partial charge on any atom is 0.250 e. The summed E-state index contributed by atoms with van der Waals surface area (Å²) < 4.78 is 5.80. The maximum absolute atomic E-state index is 10.3. The second kappa shape index (κ2) is 8.89. The smallest absolute Gasteiger partial charge is 0.250 e. The van der Waals surface area contributed by atoms with Crippen molar-refractivity contribution >= 4 is 51.3 Å². The molecule has 3 aromatic rings. The third-order valence-electron chi connectivity index (χ3n) is 3.52. The number of aryl methyl sites for hydroxylation is 1. The number of phenolic OH excluding ortho intramolecular Hbond substituents is 1. The zero-order chi connectivity index (χ0) is 20.1. The molecule has 1 aromatic carbocycles. The van der Waals surface area contributed by atoms with E-state index in [1.165, 1.54) is 11.8 Å². The first kappa shape index (κ1) is 19.9. The normalized spacial score (nSPS) is 11.7. The number of anilines is 1. The first-order valence-corrected chi connectivity index (χ1v) is 10.1. The van der Waals surface area contributed by atoms with Gasteiger partial charge in [0.25, 0.3) is 0 Å². The summed E-state index contributed by atoms with van der Waals surface area (Å²) >= 11 is 2.69. The van der Waals surface area contributed by atoms with Crippen LogP contribution in [-0.2, 0) is 7.05 Å². The lowest BCUT2D eigenvalue weighted by Gasteiger charge is -2.15. The van der Waals surface area contributed by atoms with Crippen LogP contribution in [0.15, 0.2) is 50.0 Å². The van der Waals surface area contributed by atoms with E-state index >= 15 is 0 Å². The molecule has 28 heavy (non-hydrogen) atoms. The van der Waals surface area contributed by atoms with Crippen LogP contribution in [0.2, 0.25) is 0 Å². The highest BCUT2D eigenvalue weighted by molar-refractivity contribution is 7.99. The Morgan fingerprint density at radius 2 is 1.96 bits per heavy atom. The standard InChI is InChI=1S/C16H19N9OS2/c1-5-27-16-18-15(28-23-16)22-20-11-8-10(12(24(2)3)9-13(11)26)19-21-14-6-7-17-25(14)4/h6-9,26H,5H2,1-4H3. The van der Waals surface area contributed by atoms with Crippen molar-refractivity contribution in [2.75, 3.05) is 24.7 Å². The largest absolute Gasteiger partial charge is 0.506 e. The van der Waals surface area contributed by atoms with Crippen LogP contribution in [-0.4, -0.2) is 44.1 Å². The summed E-state index contributed by atoms with van der Waals surface area (Å²) in [5, 5.41) is 32.2. The number of hydrogen-bond donors (Lipinski definition) is 1. The number of aromatic nitrogens is 4. The molecule has 2 heterocycles. The van der Waals surface area contributed by atoms with Crippen LogP contribution >= 0.6 is 23.3 Å². The predicted molar refractivity (Wildman–Crippen MR) is 110 cm³/mol. The van der Waals surface area contributed by atoms with Crippen molar-refractivity contribution in [3.05, 3.63) is 24.4 Å². The summed E-state index contributed by atoms with van der Waals surface area (Å²) in [6.07, 6.45) is 1.64. The first-order valence-electron chi connectivity index (χ1n) is 8.30. The van der Waals surface area contributed by atoms with Gasteiger partial charge in [-0.3, -0.25) is 0 Å². The molecular weight excluding hydrogens is 398 g/mol. The highest BCUT2D eigenvalue weighted by atomic mass is 32.2. The lowest BCUT2D eigenvalue weighted by atomic mass is 10.2. The van der Waals surface area contributed by atoms with Crippen LogP contribution in [0, 0.1) is 0 Å². The molecule has 0 unspecified atom stereocenters. The Kier molecular flexibility index (Phi) is 6.31. The molecule has 0 atom stereocenters. The number of hydrogen-bond acceptors (Lipinski definition) is 11. The second-order valence-electron chi connectivity index (χ2n) is 5.73. The molecule has 2 aromatic heterocycles. The van der Waals surface area contributed by atoms with Gasteiger partial charge in [-0.15, -0.1) is 20.5 Å². The maximum atomic E-state index is 10.3. The van der Waals surface area contributed by atoms with E-state index in [1.807, 2.05) is 25.9 Å². The van der Waals surface area contributed by atoms with Crippen molar-refractivity contribution in [1.82, 2.24) is 19.1 Å². The van der Waals surface area contributed by atoms with Gasteiger partial charge in [-0.2, -0.15) is 14.5 Å². The minimum absolute atomic E-state index is 0.0143. The van der Waals surface area contributed by atoms with Gasteiger partial charge in [0.15, 0.2) is 5.82 Å². The fourth-order valence-electron chi connectivity index (χ4n) is 2.17. The van der Waals surface area contributed by atoms with Gasteiger partial charge < -0.3 is 10.0 Å². The molecule has 0 amide bonds. The van der Waals surface area contributed by atoms with E-state index in [2.05, 4.69) is 34.9 Å². The summed E-state index contributed by atoms with van der Waals surface area (Å²) in [7, 11) is 5.49. The summed E-state index contributed by atoms with van der Waals surface area (Å²) in [5.74, 6) is 1.47. The predicted octanol–water partition coefficient (Wildman–Crippen LogP) is 4.99. The molecule has 146 valence electrons. The molecule has 1 N–H and O–H groups in total. The molecule has 0 aliphatic rings. The van der Waals surface area contributed by atoms with Crippen LogP contribution in [0.3, 0.4) is 0 Å². The molecule has 0 radical (unpaired) electrons. The van der Waals surface area contributed by atoms with Gasteiger partial charge in [-0.05, 0) is 11.8 Å². The molecule has 12 heteroatoms. The highest BCUT2D eigenvalue weighted by Crippen LogP contribution is 2.40. The lowest BCUT2D eigenvalue weighted by molar-refractivity contribution is 0.476. The molecular formula is C16H19N9OS2. The van der Waals surface area contributed by atoms with E-state index in [1.54, 1.807) is 36.1 Å². The molecule has 0 saturated carbocycles. The molecule has 0 aliphatic heterocycles. The van der Waals surface area contributed by atoms with Crippen molar-refractivity contribution < 1.29 is 5.11 Å². The highest BCUT2D eigenvalue weighted by Gasteiger charge is 2.12. The third kappa shape index (κ3) is 4.70. The molecule has 3 rings (SSSR count). The molecule has 0 saturated heterocycles. The van der Waals surface area contributed by atoms with E-state index < -0.39 is 0 Å². The van der Waals surface area contributed by atoms with Gasteiger partial charge >= 0.3 is 0 Å². The molecule has 0 bridgehead atoms. The molecule has 0 spiro atoms. The van der Waals surface area contributed by atoms with E-state index in [0.29, 0.717) is 27.5 Å².